The van der Waals surface area contributed by atoms with Crippen LogP contribution in [0.5, 0.6) is 0 Å². The number of rotatable bonds is 2. The topological polar surface area (TPSA) is 57.7 Å². The average molecular weight is 340 g/mol. The smallest absolute Gasteiger partial charge is 0.242 e. The van der Waals surface area contributed by atoms with Crippen molar-refractivity contribution in [1.29, 1.82) is 0 Å². The lowest BCUT2D eigenvalue weighted by Gasteiger charge is -2.31. The lowest BCUT2D eigenvalue weighted by molar-refractivity contribution is -0.147. The number of imide groups is 1. The molecule has 132 valence electrons. The molecule has 1 spiro atoms. The van der Waals surface area contributed by atoms with Gasteiger partial charge in [-0.15, -0.1) is 0 Å². The van der Waals surface area contributed by atoms with E-state index in [1.54, 1.807) is 4.90 Å². The van der Waals surface area contributed by atoms with E-state index in [9.17, 15) is 14.4 Å². The number of hydrogen-bond acceptors (Lipinski definition) is 3. The van der Waals surface area contributed by atoms with Gasteiger partial charge in [-0.2, -0.15) is 0 Å². The molecule has 1 aliphatic carbocycles. The van der Waals surface area contributed by atoms with E-state index < -0.39 is 5.41 Å². The van der Waals surface area contributed by atoms with Crippen LogP contribution in [0.4, 0.5) is 0 Å². The third-order valence-corrected chi connectivity index (χ3v) is 6.19. The maximum Gasteiger partial charge on any atom is 0.242 e. The van der Waals surface area contributed by atoms with Gasteiger partial charge in [0.25, 0.3) is 0 Å². The van der Waals surface area contributed by atoms with E-state index in [1.807, 2.05) is 24.3 Å². The zero-order valence-corrected chi connectivity index (χ0v) is 14.7. The van der Waals surface area contributed by atoms with Crippen molar-refractivity contribution in [3.63, 3.8) is 0 Å². The Bertz CT molecular complexity index is 736. The zero-order chi connectivity index (χ0) is 17.6. The van der Waals surface area contributed by atoms with E-state index in [1.165, 1.54) is 4.90 Å². The second-order valence-corrected chi connectivity index (χ2v) is 7.76. The Labute approximate surface area is 148 Å². The molecular formula is C20H24N2O3. The summed E-state index contributed by atoms with van der Waals surface area (Å²) in [4.78, 5) is 41.3. The van der Waals surface area contributed by atoms with Gasteiger partial charge in [0.1, 0.15) is 6.54 Å². The Morgan fingerprint density at radius 3 is 2.68 bits per heavy atom. The summed E-state index contributed by atoms with van der Waals surface area (Å²) in [6.45, 7) is 3.54. The van der Waals surface area contributed by atoms with E-state index in [0.29, 0.717) is 12.3 Å². The van der Waals surface area contributed by atoms with Crippen molar-refractivity contribution in [1.82, 2.24) is 9.80 Å². The van der Waals surface area contributed by atoms with E-state index in [4.69, 9.17) is 0 Å². The van der Waals surface area contributed by atoms with Crippen LogP contribution in [0, 0.1) is 5.92 Å². The van der Waals surface area contributed by atoms with Crippen molar-refractivity contribution >= 4 is 17.7 Å². The number of fused-ring (bicyclic) bond motifs is 2. The Balaban J connectivity index is 1.52. The van der Waals surface area contributed by atoms with Crippen molar-refractivity contribution in [3.05, 3.63) is 35.4 Å². The minimum absolute atomic E-state index is 0.100. The molecule has 0 unspecified atom stereocenters. The summed E-state index contributed by atoms with van der Waals surface area (Å²) >= 11 is 0. The Morgan fingerprint density at radius 2 is 1.92 bits per heavy atom. The SMILES string of the molecule is CC1CCN(C(=O)CN2C(=O)C[C@@]3(CCc4ccccc43)C2=O)CC1. The number of amides is 3. The van der Waals surface area contributed by atoms with Crippen LogP contribution in [0.2, 0.25) is 0 Å². The molecule has 2 heterocycles. The van der Waals surface area contributed by atoms with Gasteiger partial charge < -0.3 is 4.90 Å². The minimum atomic E-state index is -0.732. The van der Waals surface area contributed by atoms with Crippen LogP contribution in [0.3, 0.4) is 0 Å². The molecule has 0 N–H and O–H groups in total. The molecule has 1 aromatic rings. The van der Waals surface area contributed by atoms with Crippen LogP contribution >= 0.6 is 0 Å². The first-order chi connectivity index (χ1) is 12.0. The number of benzene rings is 1. The first kappa shape index (κ1) is 16.3. The van der Waals surface area contributed by atoms with E-state index in [2.05, 4.69) is 6.92 Å². The van der Waals surface area contributed by atoms with Crippen molar-refractivity contribution in [3.8, 4) is 0 Å². The fourth-order valence-electron chi connectivity index (χ4n) is 4.55. The third kappa shape index (κ3) is 2.57. The number of likely N-dealkylation sites (tertiary alicyclic amines) is 2. The quantitative estimate of drug-likeness (QED) is 0.773. The molecule has 0 saturated carbocycles. The highest BCUT2D eigenvalue weighted by atomic mass is 16.2. The maximum atomic E-state index is 13.1. The fraction of sp³-hybridized carbons (Fsp3) is 0.550. The largest absolute Gasteiger partial charge is 0.341 e. The molecule has 1 atom stereocenters. The number of nitrogens with zero attached hydrogens (tertiary/aromatic N) is 2. The molecule has 2 fully saturated rings. The monoisotopic (exact) mass is 340 g/mol. The molecule has 5 nitrogen and oxygen atoms in total. The first-order valence-corrected chi connectivity index (χ1v) is 9.22. The molecule has 0 aromatic heterocycles. The van der Waals surface area contributed by atoms with Crippen LogP contribution in [0.25, 0.3) is 0 Å². The summed E-state index contributed by atoms with van der Waals surface area (Å²) in [6.07, 6.45) is 3.67. The highest BCUT2D eigenvalue weighted by Gasteiger charge is 2.55. The fourth-order valence-corrected chi connectivity index (χ4v) is 4.55. The van der Waals surface area contributed by atoms with Gasteiger partial charge in [0.05, 0.1) is 5.41 Å². The van der Waals surface area contributed by atoms with Gasteiger partial charge in [-0.05, 0) is 42.7 Å². The number of aryl methyl sites for hydroxylation is 1. The molecule has 2 saturated heterocycles. The van der Waals surface area contributed by atoms with Crippen LogP contribution in [0.1, 0.15) is 43.7 Å². The predicted molar refractivity (Wildman–Crippen MR) is 92.8 cm³/mol. The van der Waals surface area contributed by atoms with Crippen molar-refractivity contribution in [2.45, 2.75) is 44.4 Å². The van der Waals surface area contributed by atoms with E-state index in [0.717, 1.165) is 43.5 Å². The number of piperidine rings is 1. The lowest BCUT2D eigenvalue weighted by atomic mass is 9.80. The van der Waals surface area contributed by atoms with Crippen molar-refractivity contribution < 1.29 is 14.4 Å². The summed E-state index contributed by atoms with van der Waals surface area (Å²) in [5.74, 6) is 0.149. The summed E-state index contributed by atoms with van der Waals surface area (Å²) in [7, 11) is 0. The standard InChI is InChI=1S/C20H24N2O3/c1-14-7-10-21(11-8-14)18(24)13-22-17(23)12-20(19(22)25)9-6-15-4-2-3-5-16(15)20/h2-5,14H,6-13H2,1H3/t20-/m1/s1. The van der Waals surface area contributed by atoms with Gasteiger partial charge in [-0.3, -0.25) is 19.3 Å². The first-order valence-electron chi connectivity index (χ1n) is 9.22. The van der Waals surface area contributed by atoms with Gasteiger partial charge >= 0.3 is 0 Å². The maximum absolute atomic E-state index is 13.1. The van der Waals surface area contributed by atoms with Gasteiger partial charge in [0.2, 0.25) is 17.7 Å². The Kier molecular flexibility index (Phi) is 3.89. The highest BCUT2D eigenvalue weighted by molar-refractivity contribution is 6.11. The summed E-state index contributed by atoms with van der Waals surface area (Å²) in [5.41, 5.74) is 1.40. The number of carbonyl (C=O) groups excluding carboxylic acids is 3. The molecule has 2 aliphatic heterocycles. The van der Waals surface area contributed by atoms with E-state index in [-0.39, 0.29) is 30.7 Å². The molecule has 5 heteroatoms. The van der Waals surface area contributed by atoms with Gasteiger partial charge in [-0.1, -0.05) is 31.2 Å². The van der Waals surface area contributed by atoms with Gasteiger partial charge in [0, 0.05) is 19.5 Å². The second kappa shape index (κ2) is 5.97. The van der Waals surface area contributed by atoms with Gasteiger partial charge in [0.15, 0.2) is 0 Å². The lowest BCUT2D eigenvalue weighted by Crippen LogP contribution is -2.46. The van der Waals surface area contributed by atoms with Gasteiger partial charge in [-0.25, -0.2) is 0 Å². The molecule has 3 amide bonds. The van der Waals surface area contributed by atoms with Crippen LogP contribution in [0.15, 0.2) is 24.3 Å². The number of hydrogen-bond donors (Lipinski definition) is 0. The van der Waals surface area contributed by atoms with Crippen LogP contribution < -0.4 is 0 Å². The molecular weight excluding hydrogens is 316 g/mol. The second-order valence-electron chi connectivity index (χ2n) is 7.76. The molecule has 3 aliphatic rings. The Hall–Kier alpha value is -2.17. The Morgan fingerprint density at radius 1 is 1.20 bits per heavy atom. The third-order valence-electron chi connectivity index (χ3n) is 6.19. The molecule has 1 aromatic carbocycles. The van der Waals surface area contributed by atoms with Crippen molar-refractivity contribution in [2.75, 3.05) is 19.6 Å². The zero-order valence-electron chi connectivity index (χ0n) is 14.7. The molecule has 0 bridgehead atoms. The number of carbonyl (C=O) groups is 3. The van der Waals surface area contributed by atoms with E-state index >= 15 is 0 Å². The van der Waals surface area contributed by atoms with Crippen LogP contribution in [-0.4, -0.2) is 47.2 Å². The average Bonchev–Trinajstić information content (AvgIpc) is 3.09. The predicted octanol–water partition coefficient (Wildman–Crippen LogP) is 1.89. The molecule has 4 rings (SSSR count). The minimum Gasteiger partial charge on any atom is -0.341 e. The molecule has 25 heavy (non-hydrogen) atoms. The molecule has 0 radical (unpaired) electrons. The van der Waals surface area contributed by atoms with Crippen molar-refractivity contribution in [2.24, 2.45) is 5.92 Å². The summed E-state index contributed by atoms with van der Waals surface area (Å²) in [6, 6.07) is 7.89. The summed E-state index contributed by atoms with van der Waals surface area (Å²) in [5, 5.41) is 0. The normalized spacial score (nSPS) is 26.6. The summed E-state index contributed by atoms with van der Waals surface area (Å²) < 4.78 is 0. The highest BCUT2D eigenvalue weighted by Crippen LogP contribution is 2.46. The van der Waals surface area contributed by atoms with Crippen LogP contribution in [-0.2, 0) is 26.2 Å².